The van der Waals surface area contributed by atoms with Gasteiger partial charge in [0.1, 0.15) is 11.6 Å². The number of nitrogens with zero attached hydrogens (tertiary/aromatic N) is 2. The van der Waals surface area contributed by atoms with Crippen LogP contribution in [0.2, 0.25) is 0 Å². The molecule has 0 aromatic rings. The Hall–Kier alpha value is -1.67. The first kappa shape index (κ1) is 17.2. The molecule has 3 amide bonds. The van der Waals surface area contributed by atoms with Crippen molar-refractivity contribution >= 4 is 17.9 Å². The highest BCUT2D eigenvalue weighted by Gasteiger charge is 2.52. The molecule has 3 rings (SSSR count). The van der Waals surface area contributed by atoms with Crippen LogP contribution in [-0.4, -0.2) is 70.8 Å². The first-order valence-corrected chi connectivity index (χ1v) is 8.61. The van der Waals surface area contributed by atoms with Gasteiger partial charge in [0.05, 0.1) is 19.9 Å². The molecule has 0 bridgehead atoms. The van der Waals surface area contributed by atoms with Crippen molar-refractivity contribution in [1.82, 2.24) is 15.1 Å². The first-order chi connectivity index (χ1) is 11.5. The summed E-state index contributed by atoms with van der Waals surface area (Å²) in [6, 6.07) is -1.04. The molecule has 8 nitrogen and oxygen atoms in total. The molecular weight excluding hydrogens is 314 g/mol. The van der Waals surface area contributed by atoms with E-state index >= 15 is 0 Å². The summed E-state index contributed by atoms with van der Waals surface area (Å²) in [5.74, 6) is -0.665. The molecule has 2 N–H and O–H groups in total. The van der Waals surface area contributed by atoms with E-state index in [-0.39, 0.29) is 25.5 Å². The normalized spacial score (nSPS) is 30.5. The molecule has 0 radical (unpaired) electrons. The average molecular weight is 339 g/mol. The van der Waals surface area contributed by atoms with Gasteiger partial charge in [-0.1, -0.05) is 25.7 Å². The fourth-order valence-corrected chi connectivity index (χ4v) is 4.07. The van der Waals surface area contributed by atoms with Crippen molar-refractivity contribution in [2.75, 3.05) is 20.3 Å². The molecule has 0 aromatic carbocycles. The highest BCUT2D eigenvalue weighted by atomic mass is 16.5. The lowest BCUT2D eigenvalue weighted by molar-refractivity contribution is -0.147. The number of amides is 3. The summed E-state index contributed by atoms with van der Waals surface area (Å²) < 4.78 is 4.76. The molecule has 1 aliphatic carbocycles. The number of aliphatic hydroxyl groups excluding tert-OH is 1. The molecule has 0 unspecified atom stereocenters. The van der Waals surface area contributed by atoms with E-state index in [0.29, 0.717) is 12.8 Å². The van der Waals surface area contributed by atoms with Gasteiger partial charge < -0.3 is 15.2 Å². The van der Waals surface area contributed by atoms with Crippen molar-refractivity contribution in [2.24, 2.45) is 0 Å². The molecule has 2 aliphatic heterocycles. The van der Waals surface area contributed by atoms with Crippen molar-refractivity contribution in [3.63, 3.8) is 0 Å². The van der Waals surface area contributed by atoms with Gasteiger partial charge in [0.15, 0.2) is 0 Å². The molecule has 3 fully saturated rings. The van der Waals surface area contributed by atoms with Crippen LogP contribution < -0.4 is 5.32 Å². The van der Waals surface area contributed by atoms with Crippen molar-refractivity contribution in [1.29, 1.82) is 0 Å². The second-order valence-corrected chi connectivity index (χ2v) is 7.00. The van der Waals surface area contributed by atoms with Crippen molar-refractivity contribution in [2.45, 2.75) is 62.6 Å². The number of hydrogen-bond donors (Lipinski definition) is 2. The van der Waals surface area contributed by atoms with Crippen LogP contribution in [0.3, 0.4) is 0 Å². The summed E-state index contributed by atoms with van der Waals surface area (Å²) in [5.41, 5.74) is -0.785. The van der Waals surface area contributed by atoms with Crippen LogP contribution in [0.4, 0.5) is 4.79 Å². The number of methoxy groups -OCH3 is 1. The summed E-state index contributed by atoms with van der Waals surface area (Å²) in [5, 5.41) is 12.7. The first-order valence-electron chi connectivity index (χ1n) is 8.61. The van der Waals surface area contributed by atoms with Gasteiger partial charge in [-0.25, -0.2) is 9.69 Å². The standard InChI is InChI=1S/C16H25N3O5/c1-24-13(21)12-8-11(20)9-18(12)10-19-14(22)16(17-15(19)23)6-4-2-3-5-7-16/h11-12,20H,2-10H2,1H3,(H,17,23)/t11-,12+/m1/s1. The molecule has 2 heterocycles. The fraction of sp³-hybridized carbons (Fsp3) is 0.812. The number of nitrogens with one attached hydrogen (secondary N) is 1. The molecule has 1 saturated carbocycles. The number of β-amino-alcohol motifs (C(OH)–C–C–N with tert-alkyl or cyclic N) is 1. The number of rotatable bonds is 3. The Labute approximate surface area is 141 Å². The number of likely N-dealkylation sites (tertiary alicyclic amines) is 1. The van der Waals surface area contributed by atoms with Crippen molar-refractivity contribution in [3.8, 4) is 0 Å². The minimum atomic E-state index is -0.785. The molecule has 8 heteroatoms. The lowest BCUT2D eigenvalue weighted by atomic mass is 9.90. The van der Waals surface area contributed by atoms with Crippen LogP contribution in [-0.2, 0) is 14.3 Å². The topological polar surface area (TPSA) is 99.2 Å². The number of hydrogen-bond acceptors (Lipinski definition) is 6. The Bertz CT molecular complexity index is 530. The van der Waals surface area contributed by atoms with Gasteiger partial charge in [-0.05, 0) is 12.8 Å². The van der Waals surface area contributed by atoms with Crippen LogP contribution in [0.1, 0.15) is 44.9 Å². The van der Waals surface area contributed by atoms with Gasteiger partial charge in [0.25, 0.3) is 5.91 Å². The van der Waals surface area contributed by atoms with Crippen LogP contribution in [0.5, 0.6) is 0 Å². The van der Waals surface area contributed by atoms with Crippen LogP contribution in [0, 0.1) is 0 Å². The van der Waals surface area contributed by atoms with Crippen molar-refractivity contribution in [3.05, 3.63) is 0 Å². The van der Waals surface area contributed by atoms with E-state index in [1.807, 2.05) is 0 Å². The predicted octanol–water partition coefficient (Wildman–Crippen LogP) is 0.197. The molecule has 2 saturated heterocycles. The molecule has 2 atom stereocenters. The maximum atomic E-state index is 12.9. The molecule has 134 valence electrons. The third kappa shape index (κ3) is 3.00. The smallest absolute Gasteiger partial charge is 0.326 e. The third-order valence-electron chi connectivity index (χ3n) is 5.38. The molecule has 24 heavy (non-hydrogen) atoms. The second kappa shape index (κ2) is 6.68. The number of carbonyl (C=O) groups excluding carboxylic acids is 3. The van der Waals surface area contributed by atoms with E-state index in [1.165, 1.54) is 12.0 Å². The monoisotopic (exact) mass is 339 g/mol. The van der Waals surface area contributed by atoms with Gasteiger partial charge >= 0.3 is 12.0 Å². The number of imide groups is 1. The van der Waals surface area contributed by atoms with E-state index in [4.69, 9.17) is 4.74 Å². The third-order valence-corrected chi connectivity index (χ3v) is 5.38. The summed E-state index contributed by atoms with van der Waals surface area (Å²) in [7, 11) is 1.29. The fourth-order valence-electron chi connectivity index (χ4n) is 4.07. The number of aliphatic hydroxyl groups is 1. The van der Waals surface area contributed by atoms with Gasteiger partial charge in [0, 0.05) is 13.0 Å². The zero-order valence-corrected chi connectivity index (χ0v) is 14.0. The quantitative estimate of drug-likeness (QED) is 0.563. The molecule has 0 aromatic heterocycles. The summed E-state index contributed by atoms with van der Waals surface area (Å²) >= 11 is 0. The minimum absolute atomic E-state index is 0.00322. The number of carbonyl (C=O) groups is 3. The summed E-state index contributed by atoms with van der Waals surface area (Å²) in [6.45, 7) is 0.243. The van der Waals surface area contributed by atoms with Gasteiger partial charge in [-0.15, -0.1) is 0 Å². The zero-order chi connectivity index (χ0) is 17.3. The molecular formula is C16H25N3O5. The van der Waals surface area contributed by atoms with E-state index < -0.39 is 29.7 Å². The largest absolute Gasteiger partial charge is 0.468 e. The average Bonchev–Trinajstić information content (AvgIpc) is 2.90. The van der Waals surface area contributed by atoms with Crippen LogP contribution in [0.25, 0.3) is 0 Å². The Balaban J connectivity index is 1.73. The SMILES string of the molecule is COC(=O)[C@@H]1C[C@@H](O)CN1CN1C(=O)NC2(CCCCCC2)C1=O. The van der Waals surface area contributed by atoms with E-state index in [9.17, 15) is 19.5 Å². The predicted molar refractivity (Wildman–Crippen MR) is 83.8 cm³/mol. The lowest BCUT2D eigenvalue weighted by Crippen LogP contribution is -2.49. The molecule has 1 spiro atoms. The summed E-state index contributed by atoms with van der Waals surface area (Å²) in [4.78, 5) is 40.0. The Morgan fingerprint density at radius 2 is 1.96 bits per heavy atom. The highest BCUT2D eigenvalue weighted by molar-refractivity contribution is 6.07. The van der Waals surface area contributed by atoms with Crippen LogP contribution in [0.15, 0.2) is 0 Å². The summed E-state index contributed by atoms with van der Waals surface area (Å²) in [6.07, 6.45) is 4.92. The Morgan fingerprint density at radius 3 is 2.58 bits per heavy atom. The maximum absolute atomic E-state index is 12.9. The van der Waals surface area contributed by atoms with Gasteiger partial charge in [0.2, 0.25) is 0 Å². The Morgan fingerprint density at radius 1 is 1.29 bits per heavy atom. The maximum Gasteiger partial charge on any atom is 0.326 e. The van der Waals surface area contributed by atoms with Gasteiger partial charge in [-0.2, -0.15) is 0 Å². The zero-order valence-electron chi connectivity index (χ0n) is 14.0. The van der Waals surface area contributed by atoms with Gasteiger partial charge in [-0.3, -0.25) is 14.5 Å². The lowest BCUT2D eigenvalue weighted by Gasteiger charge is -2.28. The molecule has 3 aliphatic rings. The van der Waals surface area contributed by atoms with E-state index in [2.05, 4.69) is 5.32 Å². The minimum Gasteiger partial charge on any atom is -0.468 e. The van der Waals surface area contributed by atoms with E-state index in [1.54, 1.807) is 4.90 Å². The van der Waals surface area contributed by atoms with Crippen LogP contribution >= 0.6 is 0 Å². The highest BCUT2D eigenvalue weighted by Crippen LogP contribution is 2.33. The number of ether oxygens (including phenoxy) is 1. The Kier molecular flexibility index (Phi) is 4.78. The number of urea groups is 1. The number of esters is 1. The van der Waals surface area contributed by atoms with E-state index in [0.717, 1.165) is 25.7 Å². The van der Waals surface area contributed by atoms with Crippen molar-refractivity contribution < 1.29 is 24.2 Å². The second-order valence-electron chi connectivity index (χ2n) is 7.00.